The van der Waals surface area contributed by atoms with Crippen molar-refractivity contribution in [3.8, 4) is 5.75 Å². The highest BCUT2D eigenvalue weighted by molar-refractivity contribution is 5.79. The predicted octanol–water partition coefficient (Wildman–Crippen LogP) is 2.08. The van der Waals surface area contributed by atoms with Crippen LogP contribution in [-0.4, -0.2) is 44.1 Å². The molecule has 1 amide bonds. The van der Waals surface area contributed by atoms with Crippen molar-refractivity contribution in [1.82, 2.24) is 10.2 Å². The molecule has 0 bridgehead atoms. The summed E-state index contributed by atoms with van der Waals surface area (Å²) in [6.07, 6.45) is 2.90. The summed E-state index contributed by atoms with van der Waals surface area (Å²) in [7, 11) is 3.60. The summed E-state index contributed by atoms with van der Waals surface area (Å²) in [5, 5.41) is 3.31. The molecule has 21 heavy (non-hydrogen) atoms. The number of methoxy groups -OCH3 is 1. The van der Waals surface area contributed by atoms with Crippen molar-refractivity contribution in [1.29, 1.82) is 0 Å². The Hall–Kier alpha value is -1.55. The van der Waals surface area contributed by atoms with Crippen LogP contribution in [0.3, 0.4) is 0 Å². The lowest BCUT2D eigenvalue weighted by Crippen LogP contribution is -2.45. The van der Waals surface area contributed by atoms with Gasteiger partial charge in [-0.2, -0.15) is 0 Å². The summed E-state index contributed by atoms with van der Waals surface area (Å²) in [5.74, 6) is 1.28. The molecular formula is C17H26N2O2. The van der Waals surface area contributed by atoms with Gasteiger partial charge in [0, 0.05) is 19.6 Å². The zero-order chi connectivity index (χ0) is 15.2. The summed E-state index contributed by atoms with van der Waals surface area (Å²) in [4.78, 5) is 14.4. The van der Waals surface area contributed by atoms with E-state index in [-0.39, 0.29) is 17.9 Å². The Bertz CT molecular complexity index is 470. The van der Waals surface area contributed by atoms with Gasteiger partial charge < -0.3 is 15.0 Å². The van der Waals surface area contributed by atoms with Crippen LogP contribution < -0.4 is 10.1 Å². The Balaban J connectivity index is 1.98. The second-order valence-electron chi connectivity index (χ2n) is 5.86. The van der Waals surface area contributed by atoms with Gasteiger partial charge in [-0.3, -0.25) is 4.79 Å². The molecule has 1 aliphatic rings. The number of rotatable bonds is 5. The molecule has 1 aromatic carbocycles. The third-order valence-corrected chi connectivity index (χ3v) is 4.36. The van der Waals surface area contributed by atoms with Crippen molar-refractivity contribution >= 4 is 5.91 Å². The quantitative estimate of drug-likeness (QED) is 0.903. The smallest absolute Gasteiger partial charge is 0.226 e. The number of nitrogens with zero attached hydrogens (tertiary/aromatic N) is 1. The van der Waals surface area contributed by atoms with E-state index in [0.29, 0.717) is 0 Å². The van der Waals surface area contributed by atoms with Crippen molar-refractivity contribution in [2.75, 3.05) is 27.2 Å². The van der Waals surface area contributed by atoms with Crippen LogP contribution in [0, 0.1) is 5.92 Å². The number of para-hydroxylation sites is 1. The lowest BCUT2D eigenvalue weighted by atomic mass is 9.97. The van der Waals surface area contributed by atoms with Crippen LogP contribution in [0.1, 0.15) is 25.3 Å². The van der Waals surface area contributed by atoms with Crippen molar-refractivity contribution in [3.63, 3.8) is 0 Å². The summed E-state index contributed by atoms with van der Waals surface area (Å²) in [6, 6.07) is 8.17. The van der Waals surface area contributed by atoms with Gasteiger partial charge in [-0.25, -0.2) is 0 Å². The van der Waals surface area contributed by atoms with E-state index in [4.69, 9.17) is 4.74 Å². The first-order chi connectivity index (χ1) is 10.1. The number of hydrogen-bond donors (Lipinski definition) is 1. The number of piperidine rings is 1. The minimum atomic E-state index is 0.129. The molecule has 0 saturated carbocycles. The van der Waals surface area contributed by atoms with Gasteiger partial charge in [-0.15, -0.1) is 0 Å². The Labute approximate surface area is 127 Å². The van der Waals surface area contributed by atoms with Crippen LogP contribution in [0.2, 0.25) is 0 Å². The summed E-state index contributed by atoms with van der Waals surface area (Å²) in [5.41, 5.74) is 1.15. The first-order valence-electron chi connectivity index (χ1n) is 7.72. The van der Waals surface area contributed by atoms with Crippen LogP contribution in [0.4, 0.5) is 0 Å². The average molecular weight is 290 g/mol. The molecule has 0 radical (unpaired) electrons. The molecule has 4 nitrogen and oxygen atoms in total. The Morgan fingerprint density at radius 1 is 1.48 bits per heavy atom. The van der Waals surface area contributed by atoms with Crippen molar-refractivity contribution < 1.29 is 9.53 Å². The molecule has 1 N–H and O–H groups in total. The molecule has 2 atom stereocenters. The second-order valence-corrected chi connectivity index (χ2v) is 5.86. The highest BCUT2D eigenvalue weighted by Crippen LogP contribution is 2.21. The first-order valence-corrected chi connectivity index (χ1v) is 7.72. The van der Waals surface area contributed by atoms with Gasteiger partial charge >= 0.3 is 0 Å². The molecule has 1 aromatic rings. The van der Waals surface area contributed by atoms with E-state index >= 15 is 0 Å². The Morgan fingerprint density at radius 2 is 2.24 bits per heavy atom. The van der Waals surface area contributed by atoms with Crippen molar-refractivity contribution in [3.05, 3.63) is 29.8 Å². The average Bonchev–Trinajstić information content (AvgIpc) is 2.54. The topological polar surface area (TPSA) is 41.6 Å². The van der Waals surface area contributed by atoms with Crippen LogP contribution >= 0.6 is 0 Å². The SMILES string of the molecule is COc1ccccc1CC(C)N(C)C(=O)[C@@H]1CCCNC1. The van der Waals surface area contributed by atoms with E-state index in [9.17, 15) is 4.79 Å². The monoisotopic (exact) mass is 290 g/mol. The van der Waals surface area contributed by atoms with E-state index < -0.39 is 0 Å². The fourth-order valence-electron chi connectivity index (χ4n) is 2.89. The molecule has 1 saturated heterocycles. The Morgan fingerprint density at radius 3 is 2.90 bits per heavy atom. The van der Waals surface area contributed by atoms with Crippen LogP contribution in [0.25, 0.3) is 0 Å². The minimum absolute atomic E-state index is 0.129. The standard InChI is InChI=1S/C17H26N2O2/c1-13(11-14-7-4-5-9-16(14)21-3)19(2)17(20)15-8-6-10-18-12-15/h4-5,7,9,13,15,18H,6,8,10-12H2,1-3H3/t13?,15-/m1/s1. The van der Waals surface area contributed by atoms with E-state index in [1.807, 2.05) is 30.1 Å². The first kappa shape index (κ1) is 15.8. The molecule has 4 heteroatoms. The molecule has 1 heterocycles. The van der Waals surface area contributed by atoms with Gasteiger partial charge in [-0.05, 0) is 44.4 Å². The molecule has 116 valence electrons. The van der Waals surface area contributed by atoms with E-state index in [2.05, 4.69) is 18.3 Å². The van der Waals surface area contributed by atoms with Gasteiger partial charge in [-0.1, -0.05) is 18.2 Å². The van der Waals surface area contributed by atoms with Gasteiger partial charge in [0.2, 0.25) is 5.91 Å². The number of carbonyl (C=O) groups is 1. The Kier molecular flexibility index (Phi) is 5.62. The van der Waals surface area contributed by atoms with E-state index in [0.717, 1.165) is 43.7 Å². The van der Waals surface area contributed by atoms with E-state index in [1.165, 1.54) is 0 Å². The fourth-order valence-corrected chi connectivity index (χ4v) is 2.89. The van der Waals surface area contributed by atoms with Gasteiger partial charge in [0.15, 0.2) is 0 Å². The zero-order valence-corrected chi connectivity index (χ0v) is 13.3. The number of nitrogens with one attached hydrogen (secondary N) is 1. The number of ether oxygens (including phenoxy) is 1. The summed E-state index contributed by atoms with van der Waals surface area (Å²) < 4.78 is 5.39. The van der Waals surface area contributed by atoms with Gasteiger partial charge in [0.25, 0.3) is 0 Å². The van der Waals surface area contributed by atoms with E-state index in [1.54, 1.807) is 7.11 Å². The number of likely N-dealkylation sites (N-methyl/N-ethyl adjacent to an activating group) is 1. The largest absolute Gasteiger partial charge is 0.496 e. The third-order valence-electron chi connectivity index (χ3n) is 4.36. The number of amides is 1. The van der Waals surface area contributed by atoms with Crippen LogP contribution in [0.5, 0.6) is 5.75 Å². The lowest BCUT2D eigenvalue weighted by molar-refractivity contribution is -0.136. The summed E-state index contributed by atoms with van der Waals surface area (Å²) in [6.45, 7) is 3.94. The van der Waals surface area contributed by atoms with Crippen molar-refractivity contribution in [2.45, 2.75) is 32.2 Å². The number of benzene rings is 1. The minimum Gasteiger partial charge on any atom is -0.496 e. The van der Waals surface area contributed by atoms with Gasteiger partial charge in [0.1, 0.15) is 5.75 Å². The molecule has 2 rings (SSSR count). The molecule has 0 aromatic heterocycles. The fraction of sp³-hybridized carbons (Fsp3) is 0.588. The summed E-state index contributed by atoms with van der Waals surface area (Å²) >= 11 is 0. The molecule has 0 spiro atoms. The maximum Gasteiger partial charge on any atom is 0.226 e. The van der Waals surface area contributed by atoms with Crippen LogP contribution in [-0.2, 0) is 11.2 Å². The molecular weight excluding hydrogens is 264 g/mol. The second kappa shape index (κ2) is 7.46. The van der Waals surface area contributed by atoms with Crippen LogP contribution in [0.15, 0.2) is 24.3 Å². The normalized spacial score (nSPS) is 19.9. The predicted molar refractivity (Wildman–Crippen MR) is 84.5 cm³/mol. The molecule has 0 aliphatic carbocycles. The zero-order valence-electron chi connectivity index (χ0n) is 13.3. The number of carbonyl (C=O) groups excluding carboxylic acids is 1. The highest BCUT2D eigenvalue weighted by atomic mass is 16.5. The number of hydrogen-bond acceptors (Lipinski definition) is 3. The van der Waals surface area contributed by atoms with Gasteiger partial charge in [0.05, 0.1) is 13.0 Å². The lowest BCUT2D eigenvalue weighted by Gasteiger charge is -2.31. The van der Waals surface area contributed by atoms with Crippen molar-refractivity contribution in [2.24, 2.45) is 5.92 Å². The molecule has 1 aliphatic heterocycles. The molecule has 1 unspecified atom stereocenters. The highest BCUT2D eigenvalue weighted by Gasteiger charge is 2.26. The maximum absolute atomic E-state index is 12.5. The maximum atomic E-state index is 12.5. The molecule has 1 fully saturated rings. The third kappa shape index (κ3) is 3.97.